The molecule has 1 saturated heterocycles. The van der Waals surface area contributed by atoms with Crippen molar-refractivity contribution >= 4 is 34.4 Å². The molecule has 31 heavy (non-hydrogen) atoms. The third kappa shape index (κ3) is 4.53. The average Bonchev–Trinajstić information content (AvgIpc) is 3.31. The number of methoxy groups -OCH3 is 1. The van der Waals surface area contributed by atoms with Crippen molar-refractivity contribution in [2.75, 3.05) is 19.0 Å². The smallest absolute Gasteiger partial charge is 0.324 e. The highest BCUT2D eigenvalue weighted by Gasteiger charge is 2.37. The number of carbonyl (C=O) groups is 3. The van der Waals surface area contributed by atoms with Crippen molar-refractivity contribution in [1.82, 2.24) is 15.2 Å². The van der Waals surface area contributed by atoms with Gasteiger partial charge in [-0.3, -0.25) is 14.5 Å². The summed E-state index contributed by atoms with van der Waals surface area (Å²) in [6.07, 6.45) is 2.82. The molecule has 8 heteroatoms. The Morgan fingerprint density at radius 2 is 2.00 bits per heavy atom. The van der Waals surface area contributed by atoms with Gasteiger partial charge in [-0.15, -0.1) is 0 Å². The van der Waals surface area contributed by atoms with Gasteiger partial charge in [0.15, 0.2) is 0 Å². The van der Waals surface area contributed by atoms with Gasteiger partial charge in [-0.05, 0) is 36.6 Å². The predicted molar refractivity (Wildman–Crippen MR) is 117 cm³/mol. The van der Waals surface area contributed by atoms with E-state index in [4.69, 9.17) is 4.74 Å². The predicted octanol–water partition coefficient (Wildman–Crippen LogP) is 3.06. The Labute approximate surface area is 179 Å². The molecule has 3 aromatic rings. The number of nitrogens with one attached hydrogen (secondary N) is 3. The van der Waals surface area contributed by atoms with Crippen LogP contribution in [0.15, 0.2) is 54.7 Å². The van der Waals surface area contributed by atoms with Gasteiger partial charge in [-0.2, -0.15) is 0 Å². The maximum absolute atomic E-state index is 12.7. The number of aromatic amines is 1. The van der Waals surface area contributed by atoms with E-state index in [-0.39, 0.29) is 24.7 Å². The zero-order chi connectivity index (χ0) is 21.8. The molecule has 3 N–H and O–H groups in total. The third-order valence-electron chi connectivity index (χ3n) is 5.40. The lowest BCUT2D eigenvalue weighted by Crippen LogP contribution is -2.33. The van der Waals surface area contributed by atoms with E-state index in [0.29, 0.717) is 24.4 Å². The van der Waals surface area contributed by atoms with Crippen LogP contribution in [0, 0.1) is 0 Å². The van der Waals surface area contributed by atoms with E-state index >= 15 is 0 Å². The summed E-state index contributed by atoms with van der Waals surface area (Å²) in [6, 6.07) is 13.8. The molecule has 4 rings (SSSR count). The molecule has 160 valence electrons. The number of fused-ring (bicyclic) bond motifs is 1. The molecular weight excluding hydrogens is 396 g/mol. The van der Waals surface area contributed by atoms with Crippen molar-refractivity contribution in [2.45, 2.75) is 25.3 Å². The SMILES string of the molecule is COc1cccc(NC(=O)CCC2NC(=O)N(CCc3c[nH]c4ccccc34)C2=O)c1. The second-order valence-electron chi connectivity index (χ2n) is 7.42. The zero-order valence-corrected chi connectivity index (χ0v) is 17.2. The maximum atomic E-state index is 12.7. The lowest BCUT2D eigenvalue weighted by molar-refractivity contribution is -0.127. The molecule has 1 fully saturated rings. The van der Waals surface area contributed by atoms with Crippen LogP contribution in [0.3, 0.4) is 0 Å². The van der Waals surface area contributed by atoms with E-state index in [1.165, 1.54) is 4.90 Å². The van der Waals surface area contributed by atoms with Crippen molar-refractivity contribution in [3.63, 3.8) is 0 Å². The van der Waals surface area contributed by atoms with Crippen LogP contribution in [0.2, 0.25) is 0 Å². The van der Waals surface area contributed by atoms with Gasteiger partial charge < -0.3 is 20.4 Å². The molecule has 0 spiro atoms. The summed E-state index contributed by atoms with van der Waals surface area (Å²) in [6.45, 7) is 0.291. The molecule has 1 unspecified atom stereocenters. The summed E-state index contributed by atoms with van der Waals surface area (Å²) in [5.41, 5.74) is 2.69. The van der Waals surface area contributed by atoms with Crippen molar-refractivity contribution in [1.29, 1.82) is 0 Å². The Morgan fingerprint density at radius 1 is 1.16 bits per heavy atom. The highest BCUT2D eigenvalue weighted by atomic mass is 16.5. The average molecular weight is 420 g/mol. The molecule has 1 aliphatic heterocycles. The van der Waals surface area contributed by atoms with Crippen LogP contribution in [-0.2, 0) is 16.0 Å². The zero-order valence-electron chi connectivity index (χ0n) is 17.2. The highest BCUT2D eigenvalue weighted by Crippen LogP contribution is 2.20. The van der Waals surface area contributed by atoms with Crippen LogP contribution >= 0.6 is 0 Å². The number of ether oxygens (including phenoxy) is 1. The largest absolute Gasteiger partial charge is 0.497 e. The monoisotopic (exact) mass is 420 g/mol. The number of carbonyl (C=O) groups excluding carboxylic acids is 3. The van der Waals surface area contributed by atoms with Crippen molar-refractivity contribution in [3.05, 3.63) is 60.3 Å². The van der Waals surface area contributed by atoms with E-state index in [1.54, 1.807) is 31.4 Å². The van der Waals surface area contributed by atoms with Crippen LogP contribution in [-0.4, -0.2) is 47.4 Å². The number of hydrogen-bond donors (Lipinski definition) is 3. The molecule has 0 radical (unpaired) electrons. The van der Waals surface area contributed by atoms with E-state index in [2.05, 4.69) is 15.6 Å². The summed E-state index contributed by atoms with van der Waals surface area (Å²) in [5, 5.41) is 6.55. The van der Waals surface area contributed by atoms with E-state index in [9.17, 15) is 14.4 Å². The van der Waals surface area contributed by atoms with E-state index in [1.807, 2.05) is 30.5 Å². The highest BCUT2D eigenvalue weighted by molar-refractivity contribution is 6.04. The van der Waals surface area contributed by atoms with Crippen molar-refractivity contribution < 1.29 is 19.1 Å². The van der Waals surface area contributed by atoms with Crippen LogP contribution in [0.25, 0.3) is 10.9 Å². The van der Waals surface area contributed by atoms with Gasteiger partial charge in [0.2, 0.25) is 5.91 Å². The number of nitrogens with zero attached hydrogens (tertiary/aromatic N) is 1. The number of imide groups is 1. The molecule has 1 aromatic heterocycles. The number of amides is 4. The Hall–Kier alpha value is -3.81. The number of benzene rings is 2. The lowest BCUT2D eigenvalue weighted by Gasteiger charge is -2.13. The molecule has 2 heterocycles. The molecule has 0 aliphatic carbocycles. The minimum atomic E-state index is -0.688. The fourth-order valence-corrected chi connectivity index (χ4v) is 3.75. The van der Waals surface area contributed by atoms with Gasteiger partial charge in [0.1, 0.15) is 11.8 Å². The van der Waals surface area contributed by atoms with Crippen LogP contribution < -0.4 is 15.4 Å². The molecule has 8 nitrogen and oxygen atoms in total. The molecule has 1 atom stereocenters. The fraction of sp³-hybridized carbons (Fsp3) is 0.261. The number of aromatic nitrogens is 1. The minimum Gasteiger partial charge on any atom is -0.497 e. The number of para-hydroxylation sites is 1. The summed E-state index contributed by atoms with van der Waals surface area (Å²) in [4.78, 5) is 41.7. The number of urea groups is 1. The summed E-state index contributed by atoms with van der Waals surface area (Å²) < 4.78 is 5.14. The number of anilines is 1. The minimum absolute atomic E-state index is 0.115. The second-order valence-corrected chi connectivity index (χ2v) is 7.42. The van der Waals surface area contributed by atoms with Gasteiger partial charge >= 0.3 is 6.03 Å². The van der Waals surface area contributed by atoms with Crippen LogP contribution in [0.4, 0.5) is 10.5 Å². The van der Waals surface area contributed by atoms with E-state index in [0.717, 1.165) is 16.5 Å². The van der Waals surface area contributed by atoms with Crippen LogP contribution in [0.5, 0.6) is 5.75 Å². The van der Waals surface area contributed by atoms with Gasteiger partial charge in [0.05, 0.1) is 7.11 Å². The van der Waals surface area contributed by atoms with Crippen molar-refractivity contribution in [3.8, 4) is 5.75 Å². The standard InChI is InChI=1S/C23H24N4O4/c1-31-17-6-4-5-16(13-17)25-21(28)10-9-20-22(29)27(23(30)26-20)12-11-15-14-24-19-8-3-2-7-18(15)19/h2-8,13-14,20,24H,9-12H2,1H3,(H,25,28)(H,26,30). The van der Waals surface area contributed by atoms with E-state index < -0.39 is 12.1 Å². The number of H-pyrrole nitrogens is 1. The first kappa shape index (κ1) is 20.5. The van der Waals surface area contributed by atoms with Crippen molar-refractivity contribution in [2.24, 2.45) is 0 Å². The van der Waals surface area contributed by atoms with Gasteiger partial charge in [0, 0.05) is 41.8 Å². The summed E-state index contributed by atoms with van der Waals surface area (Å²) in [7, 11) is 1.56. The fourth-order valence-electron chi connectivity index (χ4n) is 3.75. The van der Waals surface area contributed by atoms with Gasteiger partial charge in [-0.1, -0.05) is 24.3 Å². The normalized spacial score (nSPS) is 15.9. The van der Waals surface area contributed by atoms with Gasteiger partial charge in [-0.25, -0.2) is 4.79 Å². The molecule has 0 saturated carbocycles. The number of rotatable bonds is 8. The first-order valence-electron chi connectivity index (χ1n) is 10.2. The first-order valence-corrected chi connectivity index (χ1v) is 10.2. The molecule has 0 bridgehead atoms. The Bertz CT molecular complexity index is 1120. The maximum Gasteiger partial charge on any atom is 0.324 e. The summed E-state index contributed by atoms with van der Waals surface area (Å²) in [5.74, 6) is 0.119. The van der Waals surface area contributed by atoms with Gasteiger partial charge in [0.25, 0.3) is 5.91 Å². The topological polar surface area (TPSA) is 104 Å². The number of hydrogen-bond acceptors (Lipinski definition) is 4. The molecule has 1 aliphatic rings. The quantitative estimate of drug-likeness (QED) is 0.487. The lowest BCUT2D eigenvalue weighted by atomic mass is 10.1. The summed E-state index contributed by atoms with van der Waals surface area (Å²) >= 11 is 0. The Kier molecular flexibility index (Phi) is 5.88. The van der Waals surface area contributed by atoms with Crippen LogP contribution in [0.1, 0.15) is 18.4 Å². The first-order chi connectivity index (χ1) is 15.0. The molecule has 2 aromatic carbocycles. The Morgan fingerprint density at radius 3 is 2.84 bits per heavy atom. The molecular formula is C23H24N4O4. The third-order valence-corrected chi connectivity index (χ3v) is 5.40. The molecule has 4 amide bonds. The Balaban J connectivity index is 1.30. The second kappa shape index (κ2) is 8.91.